The van der Waals surface area contributed by atoms with Gasteiger partial charge in [0.05, 0.1) is 6.26 Å². The smallest absolute Gasteiger partial charge is 0.107 e. The van der Waals surface area contributed by atoms with Gasteiger partial charge < -0.3 is 14.6 Å². The van der Waals surface area contributed by atoms with Crippen LogP contribution in [-0.4, -0.2) is 31.1 Å². The van der Waals surface area contributed by atoms with Crippen LogP contribution in [0.5, 0.6) is 0 Å². The molecule has 0 aliphatic carbocycles. The molecule has 1 aromatic heterocycles. The molecule has 0 aromatic carbocycles. The lowest BCUT2D eigenvalue weighted by molar-refractivity contribution is 0.225. The fourth-order valence-corrected chi connectivity index (χ4v) is 2.67. The third-order valence-corrected chi connectivity index (χ3v) is 3.75. The van der Waals surface area contributed by atoms with Gasteiger partial charge in [-0.05, 0) is 51.5 Å². The minimum absolute atomic E-state index is 0.944. The summed E-state index contributed by atoms with van der Waals surface area (Å²) in [6.07, 6.45) is 8.24. The number of aryl methyl sites for hydroxylation is 1. The highest BCUT2D eigenvalue weighted by Gasteiger charge is 2.09. The molecule has 3 nitrogen and oxygen atoms in total. The summed E-state index contributed by atoms with van der Waals surface area (Å²) in [7, 11) is 0. The Labute approximate surface area is 111 Å². The number of furan rings is 1. The van der Waals surface area contributed by atoms with Gasteiger partial charge in [-0.15, -0.1) is 0 Å². The van der Waals surface area contributed by atoms with Crippen molar-refractivity contribution in [2.75, 3.05) is 26.2 Å². The Hall–Kier alpha value is -0.800. The molecule has 3 heteroatoms. The van der Waals surface area contributed by atoms with Crippen molar-refractivity contribution >= 4 is 0 Å². The zero-order valence-electron chi connectivity index (χ0n) is 11.6. The third-order valence-electron chi connectivity index (χ3n) is 3.75. The predicted octanol–water partition coefficient (Wildman–Crippen LogP) is 2.81. The highest BCUT2D eigenvalue weighted by molar-refractivity contribution is 5.16. The molecule has 0 spiro atoms. The van der Waals surface area contributed by atoms with Crippen LogP contribution in [0.25, 0.3) is 0 Å². The SMILES string of the molecule is CCc1occc1CNCCCN1CCCCC1. The van der Waals surface area contributed by atoms with Crippen molar-refractivity contribution in [3.63, 3.8) is 0 Å². The summed E-state index contributed by atoms with van der Waals surface area (Å²) in [5.41, 5.74) is 1.32. The molecule has 0 unspecified atom stereocenters. The lowest BCUT2D eigenvalue weighted by atomic mass is 10.1. The van der Waals surface area contributed by atoms with E-state index >= 15 is 0 Å². The van der Waals surface area contributed by atoms with Crippen molar-refractivity contribution < 1.29 is 4.42 Å². The first-order valence-electron chi connectivity index (χ1n) is 7.38. The molecule has 1 aliphatic heterocycles. The van der Waals surface area contributed by atoms with Gasteiger partial charge in [0.25, 0.3) is 0 Å². The molecule has 2 heterocycles. The summed E-state index contributed by atoms with van der Waals surface area (Å²) >= 11 is 0. The molecule has 0 amide bonds. The van der Waals surface area contributed by atoms with E-state index in [1.54, 1.807) is 6.26 Å². The summed E-state index contributed by atoms with van der Waals surface area (Å²) in [6.45, 7) is 8.05. The Morgan fingerprint density at radius 3 is 2.89 bits per heavy atom. The molecule has 1 saturated heterocycles. The number of nitrogens with one attached hydrogen (secondary N) is 1. The minimum atomic E-state index is 0.944. The van der Waals surface area contributed by atoms with Crippen LogP contribution in [0, 0.1) is 0 Å². The van der Waals surface area contributed by atoms with Crippen molar-refractivity contribution in [1.82, 2.24) is 10.2 Å². The first kappa shape index (κ1) is 13.6. The minimum Gasteiger partial charge on any atom is -0.469 e. The number of nitrogens with zero attached hydrogens (tertiary/aromatic N) is 1. The van der Waals surface area contributed by atoms with Crippen LogP contribution >= 0.6 is 0 Å². The van der Waals surface area contributed by atoms with E-state index in [1.807, 2.05) is 0 Å². The molecular formula is C15H26N2O. The van der Waals surface area contributed by atoms with Crippen LogP contribution in [0.2, 0.25) is 0 Å². The molecule has 0 saturated carbocycles. The molecule has 0 bridgehead atoms. The Morgan fingerprint density at radius 2 is 2.11 bits per heavy atom. The van der Waals surface area contributed by atoms with Crippen molar-refractivity contribution in [1.29, 1.82) is 0 Å². The lowest BCUT2D eigenvalue weighted by Crippen LogP contribution is -2.32. The summed E-state index contributed by atoms with van der Waals surface area (Å²) in [4.78, 5) is 2.60. The van der Waals surface area contributed by atoms with Crippen molar-refractivity contribution in [2.24, 2.45) is 0 Å². The Morgan fingerprint density at radius 1 is 1.28 bits per heavy atom. The standard InChI is InChI=1S/C15H26N2O/c1-2-15-14(7-12-18-15)13-16-8-6-11-17-9-4-3-5-10-17/h7,12,16H,2-6,8-11,13H2,1H3. The maximum absolute atomic E-state index is 5.42. The maximum Gasteiger partial charge on any atom is 0.107 e. The topological polar surface area (TPSA) is 28.4 Å². The first-order valence-corrected chi connectivity index (χ1v) is 7.38. The molecule has 18 heavy (non-hydrogen) atoms. The number of hydrogen-bond donors (Lipinski definition) is 1. The van der Waals surface area contributed by atoms with Crippen molar-refractivity contribution in [3.8, 4) is 0 Å². The van der Waals surface area contributed by atoms with Gasteiger partial charge in [-0.3, -0.25) is 0 Å². The highest BCUT2D eigenvalue weighted by atomic mass is 16.3. The van der Waals surface area contributed by atoms with Gasteiger partial charge in [-0.25, -0.2) is 0 Å². The van der Waals surface area contributed by atoms with Crippen molar-refractivity contribution in [2.45, 2.75) is 45.6 Å². The van der Waals surface area contributed by atoms with Crippen LogP contribution in [0.1, 0.15) is 43.9 Å². The fraction of sp³-hybridized carbons (Fsp3) is 0.733. The van der Waals surface area contributed by atoms with Crippen LogP contribution in [-0.2, 0) is 13.0 Å². The van der Waals surface area contributed by atoms with Gasteiger partial charge >= 0.3 is 0 Å². The Balaban J connectivity index is 1.55. The molecule has 1 aromatic rings. The second-order valence-electron chi connectivity index (χ2n) is 5.16. The van der Waals surface area contributed by atoms with Crippen LogP contribution in [0.15, 0.2) is 16.7 Å². The third kappa shape index (κ3) is 4.14. The highest BCUT2D eigenvalue weighted by Crippen LogP contribution is 2.11. The quantitative estimate of drug-likeness (QED) is 0.754. The van der Waals surface area contributed by atoms with E-state index in [9.17, 15) is 0 Å². The number of likely N-dealkylation sites (tertiary alicyclic amines) is 1. The van der Waals surface area contributed by atoms with Gasteiger partial charge in [0.15, 0.2) is 0 Å². The Bertz CT molecular complexity index is 329. The summed E-state index contributed by atoms with van der Waals surface area (Å²) < 4.78 is 5.42. The van der Waals surface area contributed by atoms with E-state index in [4.69, 9.17) is 4.42 Å². The maximum atomic E-state index is 5.42. The molecule has 102 valence electrons. The fourth-order valence-electron chi connectivity index (χ4n) is 2.67. The van der Waals surface area contributed by atoms with E-state index in [2.05, 4.69) is 23.2 Å². The summed E-state index contributed by atoms with van der Waals surface area (Å²) in [5.74, 6) is 1.12. The van der Waals surface area contributed by atoms with Gasteiger partial charge in [-0.2, -0.15) is 0 Å². The van der Waals surface area contributed by atoms with Gasteiger partial charge in [0.2, 0.25) is 0 Å². The largest absolute Gasteiger partial charge is 0.469 e. The van der Waals surface area contributed by atoms with Crippen molar-refractivity contribution in [3.05, 3.63) is 23.7 Å². The van der Waals surface area contributed by atoms with Crippen LogP contribution in [0.4, 0.5) is 0 Å². The summed E-state index contributed by atoms with van der Waals surface area (Å²) in [5, 5.41) is 3.52. The molecule has 0 atom stereocenters. The van der Waals surface area contributed by atoms with E-state index < -0.39 is 0 Å². The molecule has 1 fully saturated rings. The molecule has 2 rings (SSSR count). The van der Waals surface area contributed by atoms with E-state index in [0.717, 1.165) is 25.3 Å². The normalized spacial score (nSPS) is 17.2. The molecule has 1 N–H and O–H groups in total. The molecule has 0 radical (unpaired) electrons. The number of rotatable bonds is 7. The van der Waals surface area contributed by atoms with E-state index in [-0.39, 0.29) is 0 Å². The average Bonchev–Trinajstić information content (AvgIpc) is 2.87. The summed E-state index contributed by atoms with van der Waals surface area (Å²) in [6, 6.07) is 2.08. The lowest BCUT2D eigenvalue weighted by Gasteiger charge is -2.26. The van der Waals surface area contributed by atoms with Crippen LogP contribution in [0.3, 0.4) is 0 Å². The zero-order chi connectivity index (χ0) is 12.6. The van der Waals surface area contributed by atoms with E-state index in [0.29, 0.717) is 0 Å². The molecular weight excluding hydrogens is 224 g/mol. The first-order chi connectivity index (χ1) is 8.90. The van der Waals surface area contributed by atoms with E-state index in [1.165, 1.54) is 50.9 Å². The average molecular weight is 250 g/mol. The van der Waals surface area contributed by atoms with Crippen LogP contribution < -0.4 is 5.32 Å². The second kappa shape index (κ2) is 7.59. The Kier molecular flexibility index (Phi) is 5.75. The van der Waals surface area contributed by atoms with Gasteiger partial charge in [0.1, 0.15) is 5.76 Å². The van der Waals surface area contributed by atoms with Gasteiger partial charge in [0, 0.05) is 18.5 Å². The van der Waals surface area contributed by atoms with Gasteiger partial charge in [-0.1, -0.05) is 13.3 Å². The second-order valence-corrected chi connectivity index (χ2v) is 5.16. The molecule has 1 aliphatic rings. The number of piperidine rings is 1. The monoisotopic (exact) mass is 250 g/mol. The number of hydrogen-bond acceptors (Lipinski definition) is 3. The zero-order valence-corrected chi connectivity index (χ0v) is 11.6. The predicted molar refractivity (Wildman–Crippen MR) is 74.7 cm³/mol.